The molecular weight excluding hydrogens is 276 g/mol. The van der Waals surface area contributed by atoms with Gasteiger partial charge in [0.1, 0.15) is 5.82 Å². The van der Waals surface area contributed by atoms with Crippen LogP contribution in [0.3, 0.4) is 0 Å². The number of imidazole rings is 1. The van der Waals surface area contributed by atoms with E-state index in [0.29, 0.717) is 18.4 Å². The maximum absolute atomic E-state index is 12.3. The summed E-state index contributed by atoms with van der Waals surface area (Å²) in [6.45, 7) is 10.8. The Hall–Kier alpha value is -1.36. The maximum Gasteiger partial charge on any atom is 0.220 e. The molecule has 1 aliphatic heterocycles. The van der Waals surface area contributed by atoms with E-state index in [-0.39, 0.29) is 11.9 Å². The quantitative estimate of drug-likeness (QED) is 0.849. The van der Waals surface area contributed by atoms with E-state index >= 15 is 0 Å². The second-order valence-electron chi connectivity index (χ2n) is 6.76. The minimum Gasteiger partial charge on any atom is -0.346 e. The van der Waals surface area contributed by atoms with Crippen LogP contribution in [0.1, 0.15) is 64.0 Å². The lowest BCUT2D eigenvalue weighted by Crippen LogP contribution is -2.40. The van der Waals surface area contributed by atoms with Crippen molar-refractivity contribution in [2.45, 2.75) is 65.5 Å². The molecule has 1 aromatic rings. The third kappa shape index (κ3) is 4.57. The average molecular weight is 306 g/mol. The molecule has 1 aliphatic rings. The molecule has 2 N–H and O–H groups in total. The van der Waals surface area contributed by atoms with Crippen molar-refractivity contribution in [3.63, 3.8) is 0 Å². The number of piperidine rings is 1. The molecule has 0 bridgehead atoms. The van der Waals surface area contributed by atoms with Gasteiger partial charge in [0, 0.05) is 24.4 Å². The Morgan fingerprint density at radius 2 is 2.14 bits per heavy atom. The molecule has 1 amide bonds. The smallest absolute Gasteiger partial charge is 0.220 e. The molecule has 2 rings (SSSR count). The van der Waals surface area contributed by atoms with E-state index in [2.05, 4.69) is 41.0 Å². The molecule has 0 radical (unpaired) electrons. The molecule has 0 saturated carbocycles. The van der Waals surface area contributed by atoms with Gasteiger partial charge in [0.05, 0.1) is 6.04 Å². The first-order chi connectivity index (χ1) is 10.5. The largest absolute Gasteiger partial charge is 0.346 e. The number of rotatable bonds is 6. The summed E-state index contributed by atoms with van der Waals surface area (Å²) in [7, 11) is 0. The summed E-state index contributed by atoms with van der Waals surface area (Å²) in [6, 6.07) is 0.610. The van der Waals surface area contributed by atoms with Crippen LogP contribution in [-0.2, 0) is 4.79 Å². The van der Waals surface area contributed by atoms with Crippen molar-refractivity contribution < 1.29 is 4.79 Å². The lowest BCUT2D eigenvalue weighted by molar-refractivity contribution is -0.123. The second-order valence-corrected chi connectivity index (χ2v) is 6.76. The highest BCUT2D eigenvalue weighted by atomic mass is 16.1. The summed E-state index contributed by atoms with van der Waals surface area (Å²) in [4.78, 5) is 22.4. The Kier molecular flexibility index (Phi) is 6.00. The highest BCUT2D eigenvalue weighted by molar-refractivity contribution is 5.76. The second kappa shape index (κ2) is 7.77. The molecular formula is C17H30N4O. The Bertz CT molecular complexity index is 475. The van der Waals surface area contributed by atoms with Crippen LogP contribution >= 0.6 is 0 Å². The molecule has 2 heterocycles. The number of amides is 1. The maximum atomic E-state index is 12.3. The van der Waals surface area contributed by atoms with Crippen molar-refractivity contribution in [2.24, 2.45) is 5.92 Å². The minimum atomic E-state index is -0.00282. The van der Waals surface area contributed by atoms with E-state index in [9.17, 15) is 4.79 Å². The van der Waals surface area contributed by atoms with Gasteiger partial charge in [0.2, 0.25) is 5.91 Å². The van der Waals surface area contributed by atoms with Gasteiger partial charge < -0.3 is 15.2 Å². The van der Waals surface area contributed by atoms with E-state index < -0.39 is 0 Å². The van der Waals surface area contributed by atoms with E-state index in [1.165, 1.54) is 0 Å². The van der Waals surface area contributed by atoms with Gasteiger partial charge in [0.25, 0.3) is 0 Å². The molecule has 1 saturated heterocycles. The number of hydrogen-bond acceptors (Lipinski definition) is 3. The predicted molar refractivity (Wildman–Crippen MR) is 88.5 cm³/mol. The van der Waals surface area contributed by atoms with Crippen LogP contribution in [0.15, 0.2) is 6.20 Å². The Balaban J connectivity index is 1.80. The number of nitrogens with zero attached hydrogens (tertiary/aromatic N) is 2. The first-order valence-corrected chi connectivity index (χ1v) is 8.54. The zero-order valence-electron chi connectivity index (χ0n) is 14.4. The first kappa shape index (κ1) is 17.0. The van der Waals surface area contributed by atoms with E-state index in [1.807, 2.05) is 13.1 Å². The standard InChI is InChI=1S/C17H30N4O/c1-5-15(17-18-11-13(4)19-17)20-16(22)10-14-6-8-21(9-7-14)12(2)3/h11-12,14-15H,5-10H2,1-4H3,(H,18,19)(H,20,22). The molecule has 0 aliphatic carbocycles. The lowest BCUT2D eigenvalue weighted by atomic mass is 9.92. The Morgan fingerprint density at radius 1 is 1.45 bits per heavy atom. The number of aromatic amines is 1. The fraction of sp³-hybridized carbons (Fsp3) is 0.765. The van der Waals surface area contributed by atoms with Gasteiger partial charge >= 0.3 is 0 Å². The van der Waals surface area contributed by atoms with Gasteiger partial charge in [-0.1, -0.05) is 6.92 Å². The highest BCUT2D eigenvalue weighted by Crippen LogP contribution is 2.22. The lowest BCUT2D eigenvalue weighted by Gasteiger charge is -2.34. The average Bonchev–Trinajstić information content (AvgIpc) is 2.91. The number of aromatic nitrogens is 2. The molecule has 0 aromatic carbocycles. The van der Waals surface area contributed by atoms with Crippen LogP contribution in [0.25, 0.3) is 0 Å². The molecule has 1 atom stereocenters. The van der Waals surface area contributed by atoms with Gasteiger partial charge in [-0.2, -0.15) is 0 Å². The molecule has 5 nitrogen and oxygen atoms in total. The molecule has 1 fully saturated rings. The van der Waals surface area contributed by atoms with Crippen molar-refractivity contribution >= 4 is 5.91 Å². The van der Waals surface area contributed by atoms with Crippen molar-refractivity contribution in [1.29, 1.82) is 0 Å². The van der Waals surface area contributed by atoms with Gasteiger partial charge in [-0.3, -0.25) is 4.79 Å². The van der Waals surface area contributed by atoms with Crippen LogP contribution < -0.4 is 5.32 Å². The number of H-pyrrole nitrogens is 1. The normalized spacial score (nSPS) is 18.6. The number of carbonyl (C=O) groups excluding carboxylic acids is 1. The van der Waals surface area contributed by atoms with Gasteiger partial charge in [0.15, 0.2) is 0 Å². The molecule has 1 unspecified atom stereocenters. The summed E-state index contributed by atoms with van der Waals surface area (Å²) in [6.07, 6.45) is 5.56. The van der Waals surface area contributed by atoms with E-state index in [4.69, 9.17) is 0 Å². The number of carbonyl (C=O) groups is 1. The van der Waals surface area contributed by atoms with Crippen molar-refractivity contribution in [3.05, 3.63) is 17.7 Å². The van der Waals surface area contributed by atoms with Crippen LogP contribution in [0.4, 0.5) is 0 Å². The van der Waals surface area contributed by atoms with Crippen molar-refractivity contribution in [2.75, 3.05) is 13.1 Å². The van der Waals surface area contributed by atoms with Crippen LogP contribution in [0.5, 0.6) is 0 Å². The summed E-state index contributed by atoms with van der Waals surface area (Å²) < 4.78 is 0. The topological polar surface area (TPSA) is 61.0 Å². The molecule has 22 heavy (non-hydrogen) atoms. The fourth-order valence-corrected chi connectivity index (χ4v) is 3.16. The summed E-state index contributed by atoms with van der Waals surface area (Å²) in [5, 5.41) is 3.13. The Morgan fingerprint density at radius 3 is 2.64 bits per heavy atom. The van der Waals surface area contributed by atoms with E-state index in [1.54, 1.807) is 0 Å². The van der Waals surface area contributed by atoms with E-state index in [0.717, 1.165) is 43.9 Å². The molecule has 124 valence electrons. The van der Waals surface area contributed by atoms with Gasteiger partial charge in [-0.15, -0.1) is 0 Å². The third-order valence-corrected chi connectivity index (χ3v) is 4.65. The number of likely N-dealkylation sites (tertiary alicyclic amines) is 1. The zero-order valence-corrected chi connectivity index (χ0v) is 14.4. The zero-order chi connectivity index (χ0) is 16.1. The summed E-state index contributed by atoms with van der Waals surface area (Å²) in [5.74, 6) is 1.54. The van der Waals surface area contributed by atoms with Crippen LogP contribution in [0, 0.1) is 12.8 Å². The third-order valence-electron chi connectivity index (χ3n) is 4.65. The summed E-state index contributed by atoms with van der Waals surface area (Å²) in [5.41, 5.74) is 1.03. The fourth-order valence-electron chi connectivity index (χ4n) is 3.16. The van der Waals surface area contributed by atoms with Crippen LogP contribution in [-0.4, -0.2) is 39.9 Å². The van der Waals surface area contributed by atoms with Crippen molar-refractivity contribution in [3.8, 4) is 0 Å². The Labute approximate surface area is 133 Å². The number of aryl methyl sites for hydroxylation is 1. The monoisotopic (exact) mass is 306 g/mol. The minimum absolute atomic E-state index is 0.00282. The SMILES string of the molecule is CCC(NC(=O)CC1CCN(C(C)C)CC1)c1ncc(C)[nH]1. The van der Waals surface area contributed by atoms with Crippen LogP contribution in [0.2, 0.25) is 0 Å². The first-order valence-electron chi connectivity index (χ1n) is 8.54. The molecule has 5 heteroatoms. The molecule has 1 aromatic heterocycles. The molecule has 0 spiro atoms. The summed E-state index contributed by atoms with van der Waals surface area (Å²) >= 11 is 0. The van der Waals surface area contributed by atoms with Gasteiger partial charge in [-0.25, -0.2) is 4.98 Å². The van der Waals surface area contributed by atoms with Crippen molar-refractivity contribution in [1.82, 2.24) is 20.2 Å². The number of nitrogens with one attached hydrogen (secondary N) is 2. The highest BCUT2D eigenvalue weighted by Gasteiger charge is 2.24. The number of hydrogen-bond donors (Lipinski definition) is 2. The van der Waals surface area contributed by atoms with Gasteiger partial charge in [-0.05, 0) is 59.0 Å². The predicted octanol–water partition coefficient (Wildman–Crippen LogP) is 2.80.